The van der Waals surface area contributed by atoms with Crippen LogP contribution in [0.15, 0.2) is 30.3 Å². The first-order chi connectivity index (χ1) is 5.34. The lowest BCUT2D eigenvalue weighted by Gasteiger charge is -1.97. The molecule has 0 unspecified atom stereocenters. The van der Waals surface area contributed by atoms with Gasteiger partial charge in [0, 0.05) is 5.56 Å². The number of hydrazine groups is 1. The van der Waals surface area contributed by atoms with Crippen molar-refractivity contribution in [2.45, 2.75) is 0 Å². The smallest absolute Gasteiger partial charge is 0.177 e. The summed E-state index contributed by atoms with van der Waals surface area (Å²) in [5.74, 6) is 5.00. The Morgan fingerprint density at radius 1 is 1.36 bits per heavy atom. The van der Waals surface area contributed by atoms with Crippen LogP contribution in [0.1, 0.15) is 10.4 Å². The van der Waals surface area contributed by atoms with Crippen LogP contribution in [0.5, 0.6) is 0 Å². The van der Waals surface area contributed by atoms with Crippen LogP contribution >= 0.6 is 0 Å². The van der Waals surface area contributed by atoms with Crippen molar-refractivity contribution in [2.24, 2.45) is 5.84 Å². The van der Waals surface area contributed by atoms with Crippen molar-refractivity contribution >= 4 is 5.78 Å². The Labute approximate surface area is 65.2 Å². The quantitative estimate of drug-likeness (QED) is 0.371. The van der Waals surface area contributed by atoms with Gasteiger partial charge in [-0.15, -0.1) is 0 Å². The van der Waals surface area contributed by atoms with E-state index in [1.54, 1.807) is 12.1 Å². The second kappa shape index (κ2) is 3.85. The van der Waals surface area contributed by atoms with Crippen LogP contribution in [0.2, 0.25) is 0 Å². The first-order valence-corrected chi connectivity index (χ1v) is 3.36. The summed E-state index contributed by atoms with van der Waals surface area (Å²) in [7, 11) is 0. The van der Waals surface area contributed by atoms with Crippen molar-refractivity contribution in [1.29, 1.82) is 0 Å². The van der Waals surface area contributed by atoms with Gasteiger partial charge in [0.25, 0.3) is 0 Å². The van der Waals surface area contributed by atoms with Gasteiger partial charge < -0.3 is 0 Å². The minimum atomic E-state index is 0.00750. The fourth-order valence-corrected chi connectivity index (χ4v) is 0.819. The van der Waals surface area contributed by atoms with Crippen molar-refractivity contribution in [2.75, 3.05) is 6.54 Å². The first kappa shape index (κ1) is 7.91. The summed E-state index contributed by atoms with van der Waals surface area (Å²) in [6.45, 7) is 0.185. The average Bonchev–Trinajstić information content (AvgIpc) is 2.07. The van der Waals surface area contributed by atoms with E-state index in [0.29, 0.717) is 5.56 Å². The highest BCUT2D eigenvalue weighted by Gasteiger charge is 2.01. The normalized spacial score (nSPS) is 9.55. The number of nitrogens with two attached hydrogens (primary N) is 1. The van der Waals surface area contributed by atoms with Crippen LogP contribution in [0.4, 0.5) is 0 Å². The zero-order valence-electron chi connectivity index (χ0n) is 6.08. The van der Waals surface area contributed by atoms with Crippen LogP contribution in [-0.2, 0) is 0 Å². The summed E-state index contributed by atoms with van der Waals surface area (Å²) in [4.78, 5) is 11.1. The van der Waals surface area contributed by atoms with Crippen LogP contribution in [0, 0.1) is 0 Å². The largest absolute Gasteiger partial charge is 0.293 e. The van der Waals surface area contributed by atoms with Crippen molar-refractivity contribution in [3.63, 3.8) is 0 Å². The Morgan fingerprint density at radius 3 is 2.55 bits per heavy atom. The zero-order valence-corrected chi connectivity index (χ0v) is 6.08. The number of carbonyl (C=O) groups excluding carboxylic acids is 1. The fourth-order valence-electron chi connectivity index (χ4n) is 0.819. The molecule has 0 heterocycles. The molecule has 3 nitrogen and oxygen atoms in total. The van der Waals surface area contributed by atoms with Crippen LogP contribution in [0.25, 0.3) is 0 Å². The molecule has 0 aromatic heterocycles. The molecule has 0 spiro atoms. The van der Waals surface area contributed by atoms with Gasteiger partial charge in [-0.25, -0.2) is 0 Å². The molecule has 11 heavy (non-hydrogen) atoms. The maximum Gasteiger partial charge on any atom is 0.177 e. The Morgan fingerprint density at radius 2 is 2.00 bits per heavy atom. The van der Waals surface area contributed by atoms with E-state index in [0.717, 1.165) is 0 Å². The van der Waals surface area contributed by atoms with E-state index in [1.165, 1.54) is 0 Å². The molecule has 0 bridgehead atoms. The lowest BCUT2D eigenvalue weighted by atomic mass is 10.1. The lowest BCUT2D eigenvalue weighted by molar-refractivity contribution is 0.0991. The van der Waals surface area contributed by atoms with Gasteiger partial charge in [0.1, 0.15) is 0 Å². The number of nitrogens with one attached hydrogen (secondary N) is 1. The van der Waals surface area contributed by atoms with Gasteiger partial charge >= 0.3 is 0 Å². The number of benzene rings is 1. The Balaban J connectivity index is 2.69. The summed E-state index contributed by atoms with van der Waals surface area (Å²) in [6, 6.07) is 9.04. The van der Waals surface area contributed by atoms with Gasteiger partial charge in [-0.05, 0) is 0 Å². The van der Waals surface area contributed by atoms with Crippen LogP contribution in [0.3, 0.4) is 0 Å². The summed E-state index contributed by atoms with van der Waals surface area (Å²) in [5, 5.41) is 0. The maximum atomic E-state index is 11.1. The topological polar surface area (TPSA) is 55.1 Å². The predicted molar refractivity (Wildman–Crippen MR) is 43.0 cm³/mol. The van der Waals surface area contributed by atoms with Gasteiger partial charge in [-0.3, -0.25) is 16.1 Å². The molecule has 0 saturated heterocycles. The van der Waals surface area contributed by atoms with Gasteiger partial charge in [0.15, 0.2) is 5.78 Å². The van der Waals surface area contributed by atoms with E-state index >= 15 is 0 Å². The molecule has 0 amide bonds. The van der Waals surface area contributed by atoms with E-state index in [-0.39, 0.29) is 12.3 Å². The first-order valence-electron chi connectivity index (χ1n) is 3.36. The molecule has 0 aliphatic heterocycles. The SMILES string of the molecule is NNCC(=O)c1ccccc1. The number of ketones is 1. The third-order valence-corrected chi connectivity index (χ3v) is 1.36. The van der Waals surface area contributed by atoms with Crippen molar-refractivity contribution < 1.29 is 4.79 Å². The van der Waals surface area contributed by atoms with E-state index < -0.39 is 0 Å². The third kappa shape index (κ3) is 2.14. The molecule has 0 aliphatic rings. The van der Waals surface area contributed by atoms with E-state index in [9.17, 15) is 4.79 Å². The molecule has 1 aromatic rings. The van der Waals surface area contributed by atoms with E-state index in [2.05, 4.69) is 5.43 Å². The number of Topliss-reactive ketones (excluding diaryl/α,β-unsaturated/α-hetero) is 1. The van der Waals surface area contributed by atoms with Gasteiger partial charge in [-0.2, -0.15) is 0 Å². The maximum absolute atomic E-state index is 11.1. The minimum absolute atomic E-state index is 0.00750. The molecule has 1 rings (SSSR count). The van der Waals surface area contributed by atoms with E-state index in [1.807, 2.05) is 18.2 Å². The molecule has 58 valence electrons. The van der Waals surface area contributed by atoms with Crippen LogP contribution < -0.4 is 11.3 Å². The second-order valence-corrected chi connectivity index (χ2v) is 2.17. The summed E-state index contributed by atoms with van der Waals surface area (Å²) >= 11 is 0. The highest BCUT2D eigenvalue weighted by Crippen LogP contribution is 1.97. The van der Waals surface area contributed by atoms with E-state index in [4.69, 9.17) is 5.84 Å². The molecule has 3 heteroatoms. The summed E-state index contributed by atoms with van der Waals surface area (Å²) in [5.41, 5.74) is 3.00. The van der Waals surface area contributed by atoms with Crippen LogP contribution in [-0.4, -0.2) is 12.3 Å². The number of rotatable bonds is 3. The molecular weight excluding hydrogens is 140 g/mol. The highest BCUT2D eigenvalue weighted by molar-refractivity contribution is 5.97. The number of hydrogen-bond donors (Lipinski definition) is 2. The second-order valence-electron chi connectivity index (χ2n) is 2.17. The Bertz CT molecular complexity index is 233. The van der Waals surface area contributed by atoms with Crippen molar-refractivity contribution in [3.05, 3.63) is 35.9 Å². The number of carbonyl (C=O) groups is 1. The predicted octanol–water partition coefficient (Wildman–Crippen LogP) is 0.333. The molecule has 0 saturated carbocycles. The van der Waals surface area contributed by atoms with Gasteiger partial charge in [-0.1, -0.05) is 30.3 Å². The molecule has 1 aromatic carbocycles. The molecule has 0 atom stereocenters. The standard InChI is InChI=1S/C8H10N2O/c9-10-6-8(11)7-4-2-1-3-5-7/h1-5,10H,6,9H2. The molecule has 0 aliphatic carbocycles. The molecular formula is C8H10N2O. The lowest BCUT2D eigenvalue weighted by Crippen LogP contribution is -2.28. The molecule has 0 fully saturated rings. The third-order valence-electron chi connectivity index (χ3n) is 1.36. The fraction of sp³-hybridized carbons (Fsp3) is 0.125. The summed E-state index contributed by atoms with van der Waals surface area (Å²) < 4.78 is 0. The van der Waals surface area contributed by atoms with Crippen molar-refractivity contribution in [3.8, 4) is 0 Å². The zero-order chi connectivity index (χ0) is 8.10. The number of hydrogen-bond acceptors (Lipinski definition) is 3. The highest BCUT2D eigenvalue weighted by atomic mass is 16.1. The Hall–Kier alpha value is -1.19. The van der Waals surface area contributed by atoms with Gasteiger partial charge in [0.2, 0.25) is 0 Å². The minimum Gasteiger partial charge on any atom is -0.293 e. The monoisotopic (exact) mass is 150 g/mol. The Kier molecular flexibility index (Phi) is 2.77. The molecule has 3 N–H and O–H groups in total. The average molecular weight is 150 g/mol. The molecule has 0 radical (unpaired) electrons. The van der Waals surface area contributed by atoms with Crippen molar-refractivity contribution in [1.82, 2.24) is 5.43 Å². The summed E-state index contributed by atoms with van der Waals surface area (Å²) in [6.07, 6.45) is 0. The van der Waals surface area contributed by atoms with Gasteiger partial charge in [0.05, 0.1) is 6.54 Å².